The molecule has 0 amide bonds. The second-order valence-corrected chi connectivity index (χ2v) is 4.90. The Morgan fingerprint density at radius 2 is 1.71 bits per heavy atom. The van der Waals surface area contributed by atoms with Crippen LogP contribution in [0.3, 0.4) is 0 Å². The molecule has 2 N–H and O–H groups in total. The molecule has 76 valence electrons. The van der Waals surface area contributed by atoms with Gasteiger partial charge in [-0.15, -0.1) is 0 Å². The molecule has 0 fully saturated rings. The predicted molar refractivity (Wildman–Crippen MR) is 58.8 cm³/mol. The number of nitrogens with two attached hydrogens (primary N) is 1. The van der Waals surface area contributed by atoms with Crippen LogP contribution in [0.2, 0.25) is 0 Å². The highest BCUT2D eigenvalue weighted by Crippen LogP contribution is 2.22. The molecule has 0 saturated carbocycles. The molecule has 2 nitrogen and oxygen atoms in total. The lowest BCUT2D eigenvalue weighted by atomic mass is 10.1. The zero-order valence-electron chi connectivity index (χ0n) is 8.96. The fourth-order valence-electron chi connectivity index (χ4n) is 2.09. The minimum absolute atomic E-state index is 0.0952. The van der Waals surface area contributed by atoms with Crippen molar-refractivity contribution in [3.8, 4) is 0 Å². The summed E-state index contributed by atoms with van der Waals surface area (Å²) >= 11 is 0. The van der Waals surface area contributed by atoms with Crippen molar-refractivity contribution in [2.75, 3.05) is 6.54 Å². The van der Waals surface area contributed by atoms with Gasteiger partial charge in [0.25, 0.3) is 0 Å². The predicted octanol–water partition coefficient (Wildman–Crippen LogP) is 1.74. The van der Waals surface area contributed by atoms with Crippen LogP contribution >= 0.6 is 0 Å². The average Bonchev–Trinajstić information content (AvgIpc) is 2.42. The van der Waals surface area contributed by atoms with Gasteiger partial charge in [-0.1, -0.05) is 24.3 Å². The third-order valence-electron chi connectivity index (χ3n) is 2.54. The molecule has 1 aliphatic heterocycles. The third-order valence-corrected chi connectivity index (χ3v) is 2.54. The van der Waals surface area contributed by atoms with Crippen molar-refractivity contribution in [3.05, 3.63) is 35.4 Å². The maximum absolute atomic E-state index is 6.01. The fourth-order valence-corrected chi connectivity index (χ4v) is 2.09. The van der Waals surface area contributed by atoms with Crippen LogP contribution < -0.4 is 5.73 Å². The van der Waals surface area contributed by atoms with Crippen molar-refractivity contribution in [3.63, 3.8) is 0 Å². The molecule has 0 aliphatic carbocycles. The molecule has 1 heterocycles. The summed E-state index contributed by atoms with van der Waals surface area (Å²) in [6.45, 7) is 7.22. The van der Waals surface area contributed by atoms with Gasteiger partial charge in [0.2, 0.25) is 0 Å². The first-order valence-corrected chi connectivity index (χ1v) is 5.13. The summed E-state index contributed by atoms with van der Waals surface area (Å²) in [6.07, 6.45) is 0. The topological polar surface area (TPSA) is 29.3 Å². The van der Waals surface area contributed by atoms with Gasteiger partial charge in [0.15, 0.2) is 0 Å². The maximum atomic E-state index is 6.01. The Kier molecular flexibility index (Phi) is 2.33. The molecule has 0 aromatic heterocycles. The second-order valence-electron chi connectivity index (χ2n) is 4.90. The zero-order chi connectivity index (χ0) is 10.2. The van der Waals surface area contributed by atoms with E-state index in [4.69, 9.17) is 5.73 Å². The first-order valence-electron chi connectivity index (χ1n) is 5.13. The van der Waals surface area contributed by atoms with Crippen molar-refractivity contribution >= 4 is 0 Å². The molecule has 0 spiro atoms. The molecule has 2 heteroatoms. The lowest BCUT2D eigenvalue weighted by molar-refractivity contribution is 0.230. The van der Waals surface area contributed by atoms with E-state index in [9.17, 15) is 0 Å². The summed E-state index contributed by atoms with van der Waals surface area (Å²) in [5, 5.41) is 0. The van der Waals surface area contributed by atoms with Crippen molar-refractivity contribution < 1.29 is 0 Å². The highest BCUT2D eigenvalue weighted by Gasteiger charge is 2.22. The van der Waals surface area contributed by atoms with Gasteiger partial charge in [0.1, 0.15) is 0 Å². The molecular weight excluding hydrogens is 172 g/mol. The quantitative estimate of drug-likeness (QED) is 0.769. The highest BCUT2D eigenvalue weighted by atomic mass is 15.2. The zero-order valence-corrected chi connectivity index (χ0v) is 8.96. The third kappa shape index (κ3) is 2.14. The van der Waals surface area contributed by atoms with Crippen LogP contribution in [-0.4, -0.2) is 17.0 Å². The Hall–Kier alpha value is -0.860. The van der Waals surface area contributed by atoms with Crippen LogP contribution in [-0.2, 0) is 13.1 Å². The largest absolute Gasteiger partial charge is 0.324 e. The number of hydrogen-bond donors (Lipinski definition) is 1. The van der Waals surface area contributed by atoms with Gasteiger partial charge >= 0.3 is 0 Å². The molecule has 1 aromatic rings. The van der Waals surface area contributed by atoms with Gasteiger partial charge in [-0.2, -0.15) is 0 Å². The molecule has 14 heavy (non-hydrogen) atoms. The summed E-state index contributed by atoms with van der Waals surface area (Å²) in [5.41, 5.74) is 8.82. The molecule has 0 atom stereocenters. The first kappa shape index (κ1) is 9.69. The Morgan fingerprint density at radius 1 is 1.21 bits per heavy atom. The Bertz CT molecular complexity index is 300. The lowest BCUT2D eigenvalue weighted by Gasteiger charge is -2.25. The van der Waals surface area contributed by atoms with E-state index in [2.05, 4.69) is 43.0 Å². The Labute approximate surface area is 85.7 Å². The molecule has 0 bridgehead atoms. The van der Waals surface area contributed by atoms with E-state index in [1.807, 2.05) is 0 Å². The van der Waals surface area contributed by atoms with Crippen LogP contribution in [0.5, 0.6) is 0 Å². The standard InChI is InChI=1S/C12H18N2/c1-12(2,13)9-14-7-10-5-3-4-6-11(10)8-14/h3-6H,7-9,13H2,1-2H3. The van der Waals surface area contributed by atoms with E-state index in [1.54, 1.807) is 0 Å². The van der Waals surface area contributed by atoms with Crippen LogP contribution in [0.15, 0.2) is 24.3 Å². The van der Waals surface area contributed by atoms with Crippen LogP contribution in [0.4, 0.5) is 0 Å². The average molecular weight is 190 g/mol. The summed E-state index contributed by atoms with van der Waals surface area (Å²) in [7, 11) is 0. The van der Waals surface area contributed by atoms with Crippen LogP contribution in [0, 0.1) is 0 Å². The summed E-state index contributed by atoms with van der Waals surface area (Å²) in [4.78, 5) is 2.41. The van der Waals surface area contributed by atoms with Crippen molar-refractivity contribution in [2.24, 2.45) is 5.73 Å². The van der Waals surface area contributed by atoms with E-state index in [1.165, 1.54) is 11.1 Å². The van der Waals surface area contributed by atoms with E-state index >= 15 is 0 Å². The fraction of sp³-hybridized carbons (Fsp3) is 0.500. The molecule has 2 rings (SSSR count). The van der Waals surface area contributed by atoms with Gasteiger partial charge in [-0.05, 0) is 25.0 Å². The number of fused-ring (bicyclic) bond motifs is 1. The SMILES string of the molecule is CC(C)(N)CN1Cc2ccccc2C1. The molecule has 1 aliphatic rings. The van der Waals surface area contributed by atoms with E-state index in [0.717, 1.165) is 19.6 Å². The molecule has 0 unspecified atom stereocenters. The minimum atomic E-state index is -0.0952. The van der Waals surface area contributed by atoms with Gasteiger partial charge in [-0.25, -0.2) is 0 Å². The Morgan fingerprint density at radius 3 is 2.14 bits per heavy atom. The van der Waals surface area contributed by atoms with Crippen molar-refractivity contribution in [2.45, 2.75) is 32.5 Å². The smallest absolute Gasteiger partial charge is 0.0241 e. The maximum Gasteiger partial charge on any atom is 0.0241 e. The normalized spacial score (nSPS) is 17.1. The van der Waals surface area contributed by atoms with E-state index in [-0.39, 0.29) is 5.54 Å². The number of hydrogen-bond acceptors (Lipinski definition) is 2. The Balaban J connectivity index is 2.05. The summed E-state index contributed by atoms with van der Waals surface area (Å²) in [6, 6.07) is 8.63. The lowest BCUT2D eigenvalue weighted by Crippen LogP contribution is -2.43. The molecule has 0 radical (unpaired) electrons. The van der Waals surface area contributed by atoms with Gasteiger partial charge in [0, 0.05) is 25.2 Å². The minimum Gasteiger partial charge on any atom is -0.324 e. The van der Waals surface area contributed by atoms with Crippen LogP contribution in [0.25, 0.3) is 0 Å². The molecular formula is C12H18N2. The second kappa shape index (κ2) is 3.37. The summed E-state index contributed by atoms with van der Waals surface area (Å²) < 4.78 is 0. The van der Waals surface area contributed by atoms with Crippen molar-refractivity contribution in [1.82, 2.24) is 4.90 Å². The van der Waals surface area contributed by atoms with E-state index in [0.29, 0.717) is 0 Å². The van der Waals surface area contributed by atoms with Gasteiger partial charge in [-0.3, -0.25) is 4.90 Å². The first-order chi connectivity index (χ1) is 6.54. The van der Waals surface area contributed by atoms with Gasteiger partial charge < -0.3 is 5.73 Å². The highest BCUT2D eigenvalue weighted by molar-refractivity contribution is 5.30. The van der Waals surface area contributed by atoms with Crippen molar-refractivity contribution in [1.29, 1.82) is 0 Å². The number of benzene rings is 1. The summed E-state index contributed by atoms with van der Waals surface area (Å²) in [5.74, 6) is 0. The van der Waals surface area contributed by atoms with Gasteiger partial charge in [0.05, 0.1) is 0 Å². The monoisotopic (exact) mass is 190 g/mol. The number of nitrogens with zero attached hydrogens (tertiary/aromatic N) is 1. The van der Waals surface area contributed by atoms with Crippen LogP contribution in [0.1, 0.15) is 25.0 Å². The molecule has 1 aromatic carbocycles. The number of rotatable bonds is 2. The van der Waals surface area contributed by atoms with E-state index < -0.39 is 0 Å². The molecule has 0 saturated heterocycles.